The van der Waals surface area contributed by atoms with Crippen molar-refractivity contribution in [3.05, 3.63) is 35.9 Å². The third kappa shape index (κ3) is 12.6. The van der Waals surface area contributed by atoms with Crippen LogP contribution < -0.4 is 5.32 Å². The van der Waals surface area contributed by atoms with Gasteiger partial charge in [-0.15, -0.1) is 0 Å². The van der Waals surface area contributed by atoms with E-state index in [4.69, 9.17) is 23.7 Å². The molecule has 1 aliphatic rings. The van der Waals surface area contributed by atoms with Gasteiger partial charge >= 0.3 is 12.1 Å². The number of amides is 1. The number of hydrogen-bond donors (Lipinski definition) is 2. The molecule has 0 aromatic heterocycles. The van der Waals surface area contributed by atoms with E-state index in [1.165, 1.54) is 0 Å². The quantitative estimate of drug-likeness (QED) is 0.186. The van der Waals surface area contributed by atoms with Crippen molar-refractivity contribution in [3.63, 3.8) is 0 Å². The number of alkyl halides is 2. The maximum atomic E-state index is 15.7. The Hall–Kier alpha value is -2.34. The van der Waals surface area contributed by atoms with Crippen molar-refractivity contribution in [2.75, 3.05) is 26.4 Å². The lowest BCUT2D eigenvalue weighted by atomic mass is 9.91. The molecule has 234 valence electrons. The Labute approximate surface area is 242 Å². The maximum absolute atomic E-state index is 15.7. The van der Waals surface area contributed by atoms with Crippen LogP contribution in [0.15, 0.2) is 30.3 Å². The molecular formula is C30H47F2NO8. The molecule has 0 bridgehead atoms. The highest BCUT2D eigenvalue weighted by molar-refractivity contribution is 5.80. The standard InChI is InChI=1S/C30H47F2NO8/c1-4-7-15-37-21-25-27(39-17-9-6-3)24(38-16-8-5-2)18-26(41-25)30(31,32)19-23(28(34)35)33-29(36)40-20-22-13-11-10-12-14-22/h10-14,23-27H,4-9,15-21H2,1-3H3,(H,33,36)(H,34,35)/t23-,24+,25+,26-,27+/m0/s1. The largest absolute Gasteiger partial charge is 0.480 e. The van der Waals surface area contributed by atoms with Crippen LogP contribution in [-0.4, -0.2) is 80.0 Å². The number of benzene rings is 1. The third-order valence-corrected chi connectivity index (χ3v) is 6.83. The summed E-state index contributed by atoms with van der Waals surface area (Å²) >= 11 is 0. The van der Waals surface area contributed by atoms with Gasteiger partial charge in [-0.05, 0) is 24.8 Å². The van der Waals surface area contributed by atoms with Gasteiger partial charge in [-0.25, -0.2) is 18.4 Å². The van der Waals surface area contributed by atoms with E-state index in [1.54, 1.807) is 30.3 Å². The monoisotopic (exact) mass is 587 g/mol. The molecule has 1 aliphatic heterocycles. The summed E-state index contributed by atoms with van der Waals surface area (Å²) in [5, 5.41) is 11.7. The van der Waals surface area contributed by atoms with Crippen LogP contribution >= 0.6 is 0 Å². The van der Waals surface area contributed by atoms with Crippen molar-refractivity contribution in [2.45, 2.75) is 115 Å². The number of carbonyl (C=O) groups excluding carboxylic acids is 1. The molecule has 9 nitrogen and oxygen atoms in total. The Morgan fingerprint density at radius 1 is 1.02 bits per heavy atom. The SMILES string of the molecule is CCCCOC[C@H]1O[C@H](C(F)(F)C[C@H](NC(=O)OCc2ccccc2)C(=O)O)C[C@@H](OCCCC)[C@H]1OCCCC. The number of rotatable bonds is 20. The first kappa shape index (κ1) is 34.9. The molecule has 1 saturated heterocycles. The van der Waals surface area contributed by atoms with Crippen molar-refractivity contribution in [2.24, 2.45) is 0 Å². The van der Waals surface area contributed by atoms with E-state index < -0.39 is 54.9 Å². The van der Waals surface area contributed by atoms with Crippen molar-refractivity contribution < 1.29 is 47.2 Å². The molecule has 1 fully saturated rings. The zero-order valence-corrected chi connectivity index (χ0v) is 24.5. The van der Waals surface area contributed by atoms with Gasteiger partial charge in [0.25, 0.3) is 5.92 Å². The van der Waals surface area contributed by atoms with Gasteiger partial charge in [0, 0.05) is 32.7 Å². The summed E-state index contributed by atoms with van der Waals surface area (Å²) in [5.74, 6) is -5.22. The highest BCUT2D eigenvalue weighted by Gasteiger charge is 2.52. The van der Waals surface area contributed by atoms with Gasteiger partial charge in [0.2, 0.25) is 0 Å². The van der Waals surface area contributed by atoms with Crippen LogP contribution in [0, 0.1) is 0 Å². The lowest BCUT2D eigenvalue weighted by Gasteiger charge is -2.44. The fourth-order valence-electron chi connectivity index (χ4n) is 4.41. The van der Waals surface area contributed by atoms with Gasteiger partial charge < -0.3 is 34.1 Å². The average Bonchev–Trinajstić information content (AvgIpc) is 2.95. The zero-order chi connectivity index (χ0) is 30.1. The first-order valence-corrected chi connectivity index (χ1v) is 14.8. The summed E-state index contributed by atoms with van der Waals surface area (Å²) in [6.07, 6.45) is -1.18. The van der Waals surface area contributed by atoms with Gasteiger partial charge in [-0.1, -0.05) is 70.4 Å². The summed E-state index contributed by atoms with van der Waals surface area (Å²) < 4.78 is 60.2. The smallest absolute Gasteiger partial charge is 0.408 e. The first-order chi connectivity index (χ1) is 19.7. The van der Waals surface area contributed by atoms with Gasteiger partial charge in [0.05, 0.1) is 12.7 Å². The van der Waals surface area contributed by atoms with Gasteiger partial charge in [0.1, 0.15) is 31.0 Å². The van der Waals surface area contributed by atoms with E-state index >= 15 is 8.78 Å². The second-order valence-corrected chi connectivity index (χ2v) is 10.3. The van der Waals surface area contributed by atoms with E-state index in [0.29, 0.717) is 25.4 Å². The molecule has 2 rings (SSSR count). The van der Waals surface area contributed by atoms with Crippen LogP contribution in [0.1, 0.15) is 77.7 Å². The molecule has 2 N–H and O–H groups in total. The van der Waals surface area contributed by atoms with Gasteiger partial charge in [-0.3, -0.25) is 0 Å². The highest BCUT2D eigenvalue weighted by atomic mass is 19.3. The number of carboxylic acids is 1. The molecule has 1 heterocycles. The van der Waals surface area contributed by atoms with Gasteiger partial charge in [-0.2, -0.15) is 0 Å². The number of alkyl carbamates (subject to hydrolysis) is 1. The molecule has 1 aromatic rings. The number of nitrogens with one attached hydrogen (secondary N) is 1. The Morgan fingerprint density at radius 3 is 2.29 bits per heavy atom. The van der Waals surface area contributed by atoms with Crippen molar-refractivity contribution in [1.29, 1.82) is 0 Å². The first-order valence-electron chi connectivity index (χ1n) is 14.8. The Kier molecular flexibility index (Phi) is 16.1. The molecule has 0 radical (unpaired) electrons. The van der Waals surface area contributed by atoms with E-state index in [9.17, 15) is 14.7 Å². The summed E-state index contributed by atoms with van der Waals surface area (Å²) in [6.45, 7) is 7.24. The van der Waals surface area contributed by atoms with Crippen LogP contribution in [0.4, 0.5) is 13.6 Å². The summed E-state index contributed by atoms with van der Waals surface area (Å²) in [6, 6.07) is 6.84. The van der Waals surface area contributed by atoms with E-state index in [0.717, 1.165) is 38.5 Å². The molecule has 0 aliphatic carbocycles. The fourth-order valence-corrected chi connectivity index (χ4v) is 4.41. The average molecular weight is 588 g/mol. The zero-order valence-electron chi connectivity index (χ0n) is 24.5. The van der Waals surface area contributed by atoms with E-state index in [2.05, 4.69) is 5.32 Å². The number of halogens is 2. The predicted molar refractivity (Wildman–Crippen MR) is 149 cm³/mol. The van der Waals surface area contributed by atoms with Crippen molar-refractivity contribution in [3.8, 4) is 0 Å². The highest BCUT2D eigenvalue weighted by Crippen LogP contribution is 2.37. The number of ether oxygens (including phenoxy) is 5. The molecule has 1 aromatic carbocycles. The molecule has 0 spiro atoms. The van der Waals surface area contributed by atoms with Crippen LogP contribution in [0.5, 0.6) is 0 Å². The van der Waals surface area contributed by atoms with Crippen LogP contribution in [0.3, 0.4) is 0 Å². The second-order valence-electron chi connectivity index (χ2n) is 10.3. The second kappa shape index (κ2) is 19.0. The maximum Gasteiger partial charge on any atom is 0.408 e. The minimum absolute atomic E-state index is 0.0451. The van der Waals surface area contributed by atoms with Crippen LogP contribution in [0.25, 0.3) is 0 Å². The lowest BCUT2D eigenvalue weighted by molar-refractivity contribution is -0.260. The third-order valence-electron chi connectivity index (χ3n) is 6.83. The van der Waals surface area contributed by atoms with Gasteiger partial charge in [0.15, 0.2) is 0 Å². The lowest BCUT2D eigenvalue weighted by Crippen LogP contribution is -2.58. The predicted octanol–water partition coefficient (Wildman–Crippen LogP) is 5.74. The molecule has 11 heteroatoms. The molecule has 0 saturated carbocycles. The van der Waals surface area contributed by atoms with Crippen molar-refractivity contribution >= 4 is 12.1 Å². The Morgan fingerprint density at radius 2 is 1.66 bits per heavy atom. The number of aliphatic carboxylic acids is 1. The van der Waals surface area contributed by atoms with Crippen LogP contribution in [0.2, 0.25) is 0 Å². The summed E-state index contributed by atoms with van der Waals surface area (Å²) in [5.41, 5.74) is 0.674. The fraction of sp³-hybridized carbons (Fsp3) is 0.733. The summed E-state index contributed by atoms with van der Waals surface area (Å²) in [4.78, 5) is 24.1. The Balaban J connectivity index is 2.14. The number of carboxylic acid groups (broad SMARTS) is 1. The van der Waals surface area contributed by atoms with E-state index in [-0.39, 0.29) is 19.6 Å². The summed E-state index contributed by atoms with van der Waals surface area (Å²) in [7, 11) is 0. The van der Waals surface area contributed by atoms with E-state index in [1.807, 2.05) is 20.8 Å². The minimum Gasteiger partial charge on any atom is -0.480 e. The number of hydrogen-bond acceptors (Lipinski definition) is 7. The molecule has 0 unspecified atom stereocenters. The molecule has 1 amide bonds. The number of carbonyl (C=O) groups is 2. The topological polar surface area (TPSA) is 113 Å². The number of unbranched alkanes of at least 4 members (excludes halogenated alkanes) is 3. The normalized spacial score (nSPS) is 21.8. The Bertz CT molecular complexity index is 875. The molecule has 41 heavy (non-hydrogen) atoms. The van der Waals surface area contributed by atoms with Crippen LogP contribution in [-0.2, 0) is 35.1 Å². The minimum atomic E-state index is -3.61. The molecular weight excluding hydrogens is 540 g/mol. The molecule has 5 atom stereocenters. The van der Waals surface area contributed by atoms with Crippen molar-refractivity contribution in [1.82, 2.24) is 5.32 Å².